The molecule has 5 rings (SSSR count). The zero-order valence-electron chi connectivity index (χ0n) is 15.9. The summed E-state index contributed by atoms with van der Waals surface area (Å²) in [5, 5.41) is 15.7. The van der Waals surface area contributed by atoms with Crippen molar-refractivity contribution in [3.8, 4) is 5.75 Å². The number of carbonyl (C=O) groups is 1. The van der Waals surface area contributed by atoms with Crippen LogP contribution in [0.4, 0.5) is 5.69 Å². The number of aromatic nitrogens is 5. The molecule has 29 heavy (non-hydrogen) atoms. The predicted molar refractivity (Wildman–Crippen MR) is 108 cm³/mol. The summed E-state index contributed by atoms with van der Waals surface area (Å²) in [5.41, 5.74) is 2.99. The van der Waals surface area contributed by atoms with E-state index in [1.165, 1.54) is 0 Å². The van der Waals surface area contributed by atoms with Gasteiger partial charge in [-0.1, -0.05) is 29.5 Å². The Labute approximate surface area is 167 Å². The molecule has 1 saturated carbocycles. The number of hydrogen-bond acceptors (Lipinski definition) is 5. The van der Waals surface area contributed by atoms with Gasteiger partial charge in [0.15, 0.2) is 0 Å². The third kappa shape index (κ3) is 3.12. The second-order valence-electron chi connectivity index (χ2n) is 7.25. The Morgan fingerprint density at radius 2 is 1.97 bits per heavy atom. The molecule has 146 valence electrons. The van der Waals surface area contributed by atoms with E-state index in [1.54, 1.807) is 28.9 Å². The Balaban J connectivity index is 1.30. The molecule has 1 aliphatic carbocycles. The van der Waals surface area contributed by atoms with Gasteiger partial charge in [-0.2, -0.15) is 5.10 Å². The minimum Gasteiger partial charge on any atom is -0.497 e. The number of carbonyl (C=O) groups excluding carboxylic acids is 1. The van der Waals surface area contributed by atoms with Crippen molar-refractivity contribution in [2.75, 3.05) is 12.4 Å². The molecule has 4 aromatic rings. The molecule has 0 bridgehead atoms. The van der Waals surface area contributed by atoms with Crippen molar-refractivity contribution in [1.29, 1.82) is 0 Å². The van der Waals surface area contributed by atoms with Crippen LogP contribution in [-0.4, -0.2) is 37.8 Å². The zero-order chi connectivity index (χ0) is 19.8. The van der Waals surface area contributed by atoms with Crippen molar-refractivity contribution >= 4 is 22.6 Å². The standard InChI is InChI=1S/C21H20N6O2/c1-29-17-8-6-15(7-9-17)21(10-11-21)20(28)23-16-12-22-26(13-16)14-27-19-5-3-2-4-18(19)24-25-27/h2-9,12-13H,10-11,14H2,1H3,(H,23,28). The first-order chi connectivity index (χ1) is 14.2. The fourth-order valence-electron chi connectivity index (χ4n) is 3.60. The number of ether oxygens (including phenoxy) is 1. The highest BCUT2D eigenvalue weighted by molar-refractivity contribution is 6.01. The summed E-state index contributed by atoms with van der Waals surface area (Å²) >= 11 is 0. The average molecular weight is 388 g/mol. The van der Waals surface area contributed by atoms with Gasteiger partial charge >= 0.3 is 0 Å². The largest absolute Gasteiger partial charge is 0.497 e. The summed E-state index contributed by atoms with van der Waals surface area (Å²) in [6.45, 7) is 0.417. The van der Waals surface area contributed by atoms with Crippen molar-refractivity contribution in [3.63, 3.8) is 0 Å². The maximum atomic E-state index is 12.9. The molecule has 1 fully saturated rings. The lowest BCUT2D eigenvalue weighted by molar-refractivity contribution is -0.118. The van der Waals surface area contributed by atoms with Crippen LogP contribution in [0.25, 0.3) is 11.0 Å². The lowest BCUT2D eigenvalue weighted by atomic mass is 9.95. The van der Waals surface area contributed by atoms with Gasteiger partial charge in [-0.15, -0.1) is 5.10 Å². The van der Waals surface area contributed by atoms with Gasteiger partial charge in [-0.3, -0.25) is 4.79 Å². The second-order valence-corrected chi connectivity index (χ2v) is 7.25. The summed E-state index contributed by atoms with van der Waals surface area (Å²) in [6.07, 6.45) is 5.13. The van der Waals surface area contributed by atoms with Gasteiger partial charge in [0.1, 0.15) is 17.9 Å². The first-order valence-electron chi connectivity index (χ1n) is 9.45. The van der Waals surface area contributed by atoms with E-state index >= 15 is 0 Å². The fraction of sp³-hybridized carbons (Fsp3) is 0.238. The number of nitrogens with one attached hydrogen (secondary N) is 1. The second kappa shape index (κ2) is 6.73. The Kier molecular flexibility index (Phi) is 4.04. The zero-order valence-corrected chi connectivity index (χ0v) is 15.9. The van der Waals surface area contributed by atoms with Crippen molar-refractivity contribution < 1.29 is 9.53 Å². The summed E-state index contributed by atoms with van der Waals surface area (Å²) < 4.78 is 8.71. The normalized spacial score (nSPS) is 14.7. The molecule has 0 atom stereocenters. The van der Waals surface area contributed by atoms with E-state index in [1.807, 2.05) is 48.5 Å². The van der Waals surface area contributed by atoms with Crippen molar-refractivity contribution in [3.05, 3.63) is 66.5 Å². The number of methoxy groups -OCH3 is 1. The van der Waals surface area contributed by atoms with Crippen LogP contribution in [0.2, 0.25) is 0 Å². The molecule has 0 spiro atoms. The van der Waals surface area contributed by atoms with E-state index in [0.29, 0.717) is 12.4 Å². The van der Waals surface area contributed by atoms with E-state index in [9.17, 15) is 4.79 Å². The van der Waals surface area contributed by atoms with Crippen molar-refractivity contribution in [2.24, 2.45) is 0 Å². The smallest absolute Gasteiger partial charge is 0.235 e. The maximum Gasteiger partial charge on any atom is 0.235 e. The number of hydrogen-bond donors (Lipinski definition) is 1. The molecule has 0 unspecified atom stereocenters. The van der Waals surface area contributed by atoms with Crippen LogP contribution in [0, 0.1) is 0 Å². The topological polar surface area (TPSA) is 86.9 Å². The van der Waals surface area contributed by atoms with Gasteiger partial charge in [0, 0.05) is 0 Å². The summed E-state index contributed by atoms with van der Waals surface area (Å²) in [6, 6.07) is 15.5. The van der Waals surface area contributed by atoms with Gasteiger partial charge in [0.25, 0.3) is 0 Å². The number of benzene rings is 2. The van der Waals surface area contributed by atoms with Crippen LogP contribution in [0.15, 0.2) is 60.9 Å². The van der Waals surface area contributed by atoms with Gasteiger partial charge in [-0.05, 0) is 42.7 Å². The van der Waals surface area contributed by atoms with Gasteiger partial charge in [0.2, 0.25) is 5.91 Å². The number of rotatable bonds is 6. The lowest BCUT2D eigenvalue weighted by Gasteiger charge is -2.15. The average Bonchev–Trinajstić information content (AvgIpc) is 3.31. The molecule has 1 N–H and O–H groups in total. The molecule has 0 aliphatic heterocycles. The Morgan fingerprint density at radius 1 is 1.17 bits per heavy atom. The third-order valence-corrected chi connectivity index (χ3v) is 5.42. The van der Waals surface area contributed by atoms with Gasteiger partial charge < -0.3 is 10.1 Å². The quantitative estimate of drug-likeness (QED) is 0.549. The third-order valence-electron chi connectivity index (χ3n) is 5.42. The highest BCUT2D eigenvalue weighted by atomic mass is 16.5. The number of para-hydroxylation sites is 1. The van der Waals surface area contributed by atoms with Gasteiger partial charge in [-0.25, -0.2) is 9.36 Å². The number of fused-ring (bicyclic) bond motifs is 1. The SMILES string of the molecule is COc1ccc(C2(C(=O)Nc3cnn(Cn4nnc5ccccc54)c3)CC2)cc1. The molecule has 0 saturated heterocycles. The van der Waals surface area contributed by atoms with Crippen LogP contribution in [0.1, 0.15) is 18.4 Å². The molecule has 2 aromatic carbocycles. The first-order valence-corrected chi connectivity index (χ1v) is 9.45. The molecule has 1 aliphatic rings. The summed E-state index contributed by atoms with van der Waals surface area (Å²) in [7, 11) is 1.63. The Bertz CT molecular complexity index is 1170. The molecule has 8 heteroatoms. The van der Waals surface area contributed by atoms with Crippen LogP contribution < -0.4 is 10.1 Å². The van der Waals surface area contributed by atoms with Gasteiger partial charge in [0.05, 0.1) is 36.1 Å². The first kappa shape index (κ1) is 17.4. The minimum absolute atomic E-state index is 0.00609. The summed E-state index contributed by atoms with van der Waals surface area (Å²) in [4.78, 5) is 12.9. The molecule has 1 amide bonds. The molecule has 0 radical (unpaired) electrons. The highest BCUT2D eigenvalue weighted by Crippen LogP contribution is 2.49. The lowest BCUT2D eigenvalue weighted by Crippen LogP contribution is -2.27. The monoisotopic (exact) mass is 388 g/mol. The van der Waals surface area contributed by atoms with Crippen LogP contribution in [-0.2, 0) is 16.9 Å². The molecular formula is C21H20N6O2. The van der Waals surface area contributed by atoms with Crippen LogP contribution in [0.3, 0.4) is 0 Å². The van der Waals surface area contributed by atoms with E-state index in [2.05, 4.69) is 20.7 Å². The Hall–Kier alpha value is -3.68. The van der Waals surface area contributed by atoms with Crippen molar-refractivity contribution in [2.45, 2.75) is 24.9 Å². The Morgan fingerprint density at radius 3 is 2.72 bits per heavy atom. The molecular weight excluding hydrogens is 368 g/mol. The molecule has 2 aromatic heterocycles. The molecule has 2 heterocycles. The number of nitrogens with zero attached hydrogens (tertiary/aromatic N) is 5. The highest BCUT2D eigenvalue weighted by Gasteiger charge is 2.51. The van der Waals surface area contributed by atoms with E-state index in [-0.39, 0.29) is 5.91 Å². The van der Waals surface area contributed by atoms with Crippen LogP contribution >= 0.6 is 0 Å². The number of anilines is 1. The van der Waals surface area contributed by atoms with Crippen LogP contribution in [0.5, 0.6) is 5.75 Å². The van der Waals surface area contributed by atoms with Crippen molar-refractivity contribution in [1.82, 2.24) is 24.8 Å². The predicted octanol–water partition coefficient (Wildman–Crippen LogP) is 2.81. The van der Waals surface area contributed by atoms with E-state index < -0.39 is 5.41 Å². The summed E-state index contributed by atoms with van der Waals surface area (Å²) in [5.74, 6) is 0.778. The fourth-order valence-corrected chi connectivity index (χ4v) is 3.60. The van der Waals surface area contributed by atoms with E-state index in [0.717, 1.165) is 35.2 Å². The minimum atomic E-state index is -0.462. The maximum absolute atomic E-state index is 12.9. The number of amides is 1. The van der Waals surface area contributed by atoms with E-state index in [4.69, 9.17) is 4.74 Å². The molecule has 8 nitrogen and oxygen atoms in total.